The molecule has 2 unspecified atom stereocenters. The molecule has 0 saturated carbocycles. The van der Waals surface area contributed by atoms with Gasteiger partial charge < -0.3 is 4.98 Å². The Bertz CT molecular complexity index is 280. The molecule has 1 aromatic rings. The molecule has 3 rings (SSSR count). The van der Waals surface area contributed by atoms with E-state index in [0.29, 0.717) is 6.04 Å². The van der Waals surface area contributed by atoms with E-state index in [0.717, 1.165) is 19.8 Å². The second kappa shape index (κ2) is 1.84. The van der Waals surface area contributed by atoms with Crippen LogP contribution in [0.1, 0.15) is 17.4 Å². The molecule has 0 aliphatic carbocycles. The molecule has 0 spiro atoms. The van der Waals surface area contributed by atoms with Crippen LogP contribution in [-0.2, 0) is 6.54 Å². The highest BCUT2D eigenvalue weighted by atomic mass is 15.3. The molecule has 0 amide bonds. The summed E-state index contributed by atoms with van der Waals surface area (Å²) in [5, 5.41) is 3.40. The van der Waals surface area contributed by atoms with E-state index in [9.17, 15) is 0 Å². The predicted octanol–water partition coefficient (Wildman–Crippen LogP) is -0.173. The van der Waals surface area contributed by atoms with Crippen molar-refractivity contribution in [2.75, 3.05) is 13.2 Å². The van der Waals surface area contributed by atoms with Crippen LogP contribution in [0.25, 0.3) is 0 Å². The summed E-state index contributed by atoms with van der Waals surface area (Å²) in [5.41, 5.74) is 2.50. The number of nitrogens with one attached hydrogen (secondary N) is 2. The summed E-state index contributed by atoms with van der Waals surface area (Å²) in [6.45, 7) is 3.16. The van der Waals surface area contributed by atoms with E-state index in [1.807, 2.05) is 0 Å². The number of imidazole rings is 1. The molecule has 11 heavy (non-hydrogen) atoms. The number of aromatic amines is 1. The molecular weight excluding hydrogens is 140 g/mol. The zero-order valence-corrected chi connectivity index (χ0v) is 6.17. The first-order valence-electron chi connectivity index (χ1n) is 3.91. The van der Waals surface area contributed by atoms with Crippen molar-refractivity contribution in [3.63, 3.8) is 0 Å². The SMILES string of the molecule is c1nc2c([nH]1)CN1CNC2C1. The summed E-state index contributed by atoms with van der Waals surface area (Å²) in [7, 11) is 0. The Labute approximate surface area is 64.6 Å². The maximum atomic E-state index is 4.29. The zero-order chi connectivity index (χ0) is 7.26. The lowest BCUT2D eigenvalue weighted by molar-refractivity contribution is 0.307. The molecule has 2 aliphatic heterocycles. The van der Waals surface area contributed by atoms with Gasteiger partial charge in [-0.15, -0.1) is 0 Å². The Kier molecular flexibility index (Phi) is 0.958. The molecule has 2 aliphatic rings. The maximum Gasteiger partial charge on any atom is 0.0926 e. The van der Waals surface area contributed by atoms with Crippen molar-refractivity contribution in [1.82, 2.24) is 20.2 Å². The zero-order valence-electron chi connectivity index (χ0n) is 6.17. The van der Waals surface area contributed by atoms with Crippen molar-refractivity contribution in [3.05, 3.63) is 17.7 Å². The normalized spacial score (nSPS) is 33.8. The van der Waals surface area contributed by atoms with Gasteiger partial charge in [-0.3, -0.25) is 10.2 Å². The van der Waals surface area contributed by atoms with Crippen LogP contribution in [0, 0.1) is 0 Å². The van der Waals surface area contributed by atoms with Gasteiger partial charge in [0.05, 0.1) is 23.8 Å². The number of rotatable bonds is 0. The monoisotopic (exact) mass is 150 g/mol. The molecule has 0 aromatic carbocycles. The fourth-order valence-corrected chi connectivity index (χ4v) is 1.91. The topological polar surface area (TPSA) is 44.0 Å². The highest BCUT2D eigenvalue weighted by molar-refractivity contribution is 5.20. The van der Waals surface area contributed by atoms with Gasteiger partial charge in [-0.25, -0.2) is 4.98 Å². The molecule has 2 bridgehead atoms. The number of aromatic nitrogens is 2. The van der Waals surface area contributed by atoms with Crippen molar-refractivity contribution < 1.29 is 0 Å². The Morgan fingerprint density at radius 2 is 2.64 bits per heavy atom. The van der Waals surface area contributed by atoms with Crippen LogP contribution in [0.4, 0.5) is 0 Å². The Hall–Kier alpha value is -0.870. The standard InChI is InChI=1S/C7H10N4/c1-5-7(9-3-8-5)6-2-11(1)4-10-6/h3,6,10H,1-2,4H2,(H,8,9). The first kappa shape index (κ1) is 5.74. The van der Waals surface area contributed by atoms with Gasteiger partial charge in [-0.1, -0.05) is 0 Å². The fourth-order valence-electron chi connectivity index (χ4n) is 1.91. The Morgan fingerprint density at radius 3 is 3.64 bits per heavy atom. The van der Waals surface area contributed by atoms with Crippen LogP contribution in [0.5, 0.6) is 0 Å². The number of nitrogens with zero attached hydrogens (tertiary/aromatic N) is 2. The highest BCUT2D eigenvalue weighted by Gasteiger charge is 2.32. The van der Waals surface area contributed by atoms with Gasteiger partial charge >= 0.3 is 0 Å². The van der Waals surface area contributed by atoms with E-state index in [1.165, 1.54) is 11.4 Å². The molecule has 1 saturated heterocycles. The fraction of sp³-hybridized carbons (Fsp3) is 0.571. The van der Waals surface area contributed by atoms with Gasteiger partial charge in [0.1, 0.15) is 0 Å². The van der Waals surface area contributed by atoms with Crippen molar-refractivity contribution in [1.29, 1.82) is 0 Å². The van der Waals surface area contributed by atoms with Crippen LogP contribution in [0.15, 0.2) is 6.33 Å². The minimum Gasteiger partial charge on any atom is -0.347 e. The van der Waals surface area contributed by atoms with E-state index >= 15 is 0 Å². The average molecular weight is 150 g/mol. The second-order valence-electron chi connectivity index (χ2n) is 3.19. The minimum atomic E-state index is 0.477. The maximum absolute atomic E-state index is 4.29. The van der Waals surface area contributed by atoms with E-state index in [1.54, 1.807) is 6.33 Å². The van der Waals surface area contributed by atoms with Crippen LogP contribution in [-0.4, -0.2) is 28.1 Å². The summed E-state index contributed by atoms with van der Waals surface area (Å²) in [6, 6.07) is 0.477. The summed E-state index contributed by atoms with van der Waals surface area (Å²) in [5.74, 6) is 0. The van der Waals surface area contributed by atoms with Gasteiger partial charge in [0.15, 0.2) is 0 Å². The van der Waals surface area contributed by atoms with E-state index < -0.39 is 0 Å². The molecule has 0 radical (unpaired) electrons. The first-order valence-corrected chi connectivity index (χ1v) is 3.91. The molecule has 3 heterocycles. The number of H-pyrrole nitrogens is 1. The summed E-state index contributed by atoms with van der Waals surface area (Å²) in [6.07, 6.45) is 1.79. The third-order valence-corrected chi connectivity index (χ3v) is 2.47. The molecular formula is C7H10N4. The third-order valence-electron chi connectivity index (χ3n) is 2.47. The number of hydrogen-bond donors (Lipinski definition) is 2. The summed E-state index contributed by atoms with van der Waals surface area (Å²) in [4.78, 5) is 9.84. The molecule has 4 heteroatoms. The minimum absolute atomic E-state index is 0.477. The highest BCUT2D eigenvalue weighted by Crippen LogP contribution is 2.26. The summed E-state index contributed by atoms with van der Waals surface area (Å²) < 4.78 is 0. The smallest absolute Gasteiger partial charge is 0.0926 e. The van der Waals surface area contributed by atoms with Crippen molar-refractivity contribution in [3.8, 4) is 0 Å². The van der Waals surface area contributed by atoms with E-state index in [2.05, 4.69) is 20.2 Å². The second-order valence-corrected chi connectivity index (χ2v) is 3.19. The molecule has 1 fully saturated rings. The Morgan fingerprint density at radius 1 is 1.64 bits per heavy atom. The number of fused-ring (bicyclic) bond motifs is 4. The molecule has 4 nitrogen and oxygen atoms in total. The van der Waals surface area contributed by atoms with Crippen LogP contribution in [0.3, 0.4) is 0 Å². The van der Waals surface area contributed by atoms with Crippen molar-refractivity contribution in [2.45, 2.75) is 12.6 Å². The van der Waals surface area contributed by atoms with Gasteiger partial charge in [0.25, 0.3) is 0 Å². The summed E-state index contributed by atoms with van der Waals surface area (Å²) >= 11 is 0. The van der Waals surface area contributed by atoms with E-state index in [4.69, 9.17) is 0 Å². The Balaban J connectivity index is 2.12. The van der Waals surface area contributed by atoms with Crippen LogP contribution < -0.4 is 5.32 Å². The average Bonchev–Trinajstić information content (AvgIpc) is 2.58. The third kappa shape index (κ3) is 0.680. The van der Waals surface area contributed by atoms with Gasteiger partial charge in [0.2, 0.25) is 0 Å². The van der Waals surface area contributed by atoms with Crippen molar-refractivity contribution >= 4 is 0 Å². The largest absolute Gasteiger partial charge is 0.347 e. The van der Waals surface area contributed by atoms with Crippen LogP contribution >= 0.6 is 0 Å². The van der Waals surface area contributed by atoms with Crippen LogP contribution in [0.2, 0.25) is 0 Å². The van der Waals surface area contributed by atoms with Gasteiger partial charge in [0, 0.05) is 19.8 Å². The quantitative estimate of drug-likeness (QED) is 0.539. The molecule has 58 valence electrons. The number of hydrogen-bond acceptors (Lipinski definition) is 3. The molecule has 2 N–H and O–H groups in total. The van der Waals surface area contributed by atoms with E-state index in [-0.39, 0.29) is 0 Å². The predicted molar refractivity (Wildman–Crippen MR) is 39.7 cm³/mol. The lowest BCUT2D eigenvalue weighted by Crippen LogP contribution is -2.24. The van der Waals surface area contributed by atoms with Gasteiger partial charge in [-0.2, -0.15) is 0 Å². The first-order chi connectivity index (χ1) is 5.43. The lowest BCUT2D eigenvalue weighted by atomic mass is 10.1. The van der Waals surface area contributed by atoms with Gasteiger partial charge in [-0.05, 0) is 0 Å². The van der Waals surface area contributed by atoms with Crippen molar-refractivity contribution in [2.24, 2.45) is 0 Å². The molecule has 2 atom stereocenters. The lowest BCUT2D eigenvalue weighted by Gasteiger charge is -2.19. The molecule has 1 aromatic heterocycles.